The number of benzene rings is 1. The summed E-state index contributed by atoms with van der Waals surface area (Å²) in [6.45, 7) is 5.45. The highest BCUT2D eigenvalue weighted by Gasteiger charge is 2.11. The molecule has 1 N–H and O–H groups in total. The molecule has 18 heavy (non-hydrogen) atoms. The molecule has 3 nitrogen and oxygen atoms in total. The van der Waals surface area contributed by atoms with Crippen LogP contribution in [-0.4, -0.2) is 16.3 Å². The van der Waals surface area contributed by atoms with Crippen molar-refractivity contribution in [1.29, 1.82) is 0 Å². The Hall–Kier alpha value is -2.05. The van der Waals surface area contributed by atoms with E-state index in [4.69, 9.17) is 6.42 Å². The van der Waals surface area contributed by atoms with Gasteiger partial charge >= 0.3 is 0 Å². The summed E-state index contributed by atoms with van der Waals surface area (Å²) in [4.78, 5) is 0. The van der Waals surface area contributed by atoms with Gasteiger partial charge < -0.3 is 5.32 Å². The lowest BCUT2D eigenvalue weighted by Crippen LogP contribution is -2.14. The predicted octanol–water partition coefficient (Wildman–Crippen LogP) is 2.21. The van der Waals surface area contributed by atoms with Crippen LogP contribution in [0.4, 0.5) is 0 Å². The average molecular weight is 239 g/mol. The van der Waals surface area contributed by atoms with Crippen molar-refractivity contribution in [2.24, 2.45) is 0 Å². The van der Waals surface area contributed by atoms with Gasteiger partial charge in [-0.1, -0.05) is 24.1 Å². The van der Waals surface area contributed by atoms with E-state index in [0.717, 1.165) is 23.6 Å². The number of nitrogens with zero attached hydrogens (tertiary/aromatic N) is 2. The molecule has 2 rings (SSSR count). The maximum absolute atomic E-state index is 5.23. The van der Waals surface area contributed by atoms with E-state index in [1.54, 1.807) is 0 Å². The van der Waals surface area contributed by atoms with Crippen LogP contribution in [0.2, 0.25) is 0 Å². The molecule has 0 saturated carbocycles. The molecule has 0 unspecified atom stereocenters. The minimum Gasteiger partial charge on any atom is -0.302 e. The summed E-state index contributed by atoms with van der Waals surface area (Å²) >= 11 is 0. The largest absolute Gasteiger partial charge is 0.302 e. The number of terminal acetylenes is 1. The first kappa shape index (κ1) is 12.4. The Balaban J connectivity index is 2.30. The van der Waals surface area contributed by atoms with Crippen molar-refractivity contribution in [2.45, 2.75) is 20.4 Å². The lowest BCUT2D eigenvalue weighted by molar-refractivity contribution is 0.760. The zero-order valence-corrected chi connectivity index (χ0v) is 10.8. The third kappa shape index (κ3) is 2.44. The van der Waals surface area contributed by atoms with Crippen molar-refractivity contribution < 1.29 is 0 Å². The van der Waals surface area contributed by atoms with Gasteiger partial charge in [-0.2, -0.15) is 5.10 Å². The molecule has 1 aromatic carbocycles. The van der Waals surface area contributed by atoms with E-state index in [2.05, 4.69) is 35.4 Å². The zero-order valence-electron chi connectivity index (χ0n) is 10.8. The zero-order chi connectivity index (χ0) is 13.0. The van der Waals surface area contributed by atoms with Crippen LogP contribution in [-0.2, 0) is 6.54 Å². The molecular formula is C15H17N3. The van der Waals surface area contributed by atoms with Crippen LogP contribution >= 0.6 is 0 Å². The number of aryl methyl sites for hydroxylation is 1. The van der Waals surface area contributed by atoms with E-state index in [0.29, 0.717) is 6.54 Å². The summed E-state index contributed by atoms with van der Waals surface area (Å²) in [5.74, 6) is 2.58. The molecule has 0 spiro atoms. The monoisotopic (exact) mass is 239 g/mol. The minimum absolute atomic E-state index is 0.579. The number of hydrogen-bond donors (Lipinski definition) is 1. The van der Waals surface area contributed by atoms with Gasteiger partial charge in [0.15, 0.2) is 0 Å². The van der Waals surface area contributed by atoms with Crippen LogP contribution in [0.25, 0.3) is 5.69 Å². The lowest BCUT2D eigenvalue weighted by Gasteiger charge is -2.05. The van der Waals surface area contributed by atoms with E-state index in [-0.39, 0.29) is 0 Å². The van der Waals surface area contributed by atoms with Gasteiger partial charge in [0, 0.05) is 17.8 Å². The second kappa shape index (κ2) is 5.52. The summed E-state index contributed by atoms with van der Waals surface area (Å²) < 4.78 is 1.97. The molecule has 2 aromatic rings. The number of rotatable bonds is 4. The fourth-order valence-electron chi connectivity index (χ4n) is 2.01. The summed E-state index contributed by atoms with van der Waals surface area (Å²) in [7, 11) is 0. The highest BCUT2D eigenvalue weighted by atomic mass is 15.3. The molecule has 0 amide bonds. The smallest absolute Gasteiger partial charge is 0.0648 e. The highest BCUT2D eigenvalue weighted by Crippen LogP contribution is 2.17. The molecule has 0 aliphatic heterocycles. The SMILES string of the molecule is C#CCNCc1c(C)nn(-c2ccccc2)c1C. The van der Waals surface area contributed by atoms with Crippen LogP contribution in [0.1, 0.15) is 17.0 Å². The predicted molar refractivity (Wildman–Crippen MR) is 73.6 cm³/mol. The van der Waals surface area contributed by atoms with Crippen LogP contribution < -0.4 is 5.32 Å². The molecule has 0 aliphatic carbocycles. The first-order valence-electron chi connectivity index (χ1n) is 5.98. The summed E-state index contributed by atoms with van der Waals surface area (Å²) in [5.41, 5.74) is 4.50. The van der Waals surface area contributed by atoms with Gasteiger partial charge in [-0.05, 0) is 26.0 Å². The van der Waals surface area contributed by atoms with Gasteiger partial charge in [-0.25, -0.2) is 4.68 Å². The summed E-state index contributed by atoms with van der Waals surface area (Å²) in [6.07, 6.45) is 5.23. The Morgan fingerprint density at radius 1 is 1.28 bits per heavy atom. The maximum atomic E-state index is 5.23. The fourth-order valence-corrected chi connectivity index (χ4v) is 2.01. The molecule has 0 saturated heterocycles. The Morgan fingerprint density at radius 2 is 2.00 bits per heavy atom. The van der Waals surface area contributed by atoms with Gasteiger partial charge in [-0.3, -0.25) is 0 Å². The molecule has 0 fully saturated rings. The third-order valence-corrected chi connectivity index (χ3v) is 2.97. The van der Waals surface area contributed by atoms with Crippen LogP contribution in [0.5, 0.6) is 0 Å². The van der Waals surface area contributed by atoms with Crippen molar-refractivity contribution in [3.63, 3.8) is 0 Å². The van der Waals surface area contributed by atoms with Crippen molar-refractivity contribution in [1.82, 2.24) is 15.1 Å². The van der Waals surface area contributed by atoms with Crippen molar-refractivity contribution in [2.75, 3.05) is 6.54 Å². The number of para-hydroxylation sites is 1. The van der Waals surface area contributed by atoms with Gasteiger partial charge in [-0.15, -0.1) is 6.42 Å². The molecule has 1 heterocycles. The van der Waals surface area contributed by atoms with Crippen molar-refractivity contribution in [3.05, 3.63) is 47.3 Å². The fraction of sp³-hybridized carbons (Fsp3) is 0.267. The number of nitrogens with one attached hydrogen (secondary N) is 1. The molecule has 1 aromatic heterocycles. The van der Waals surface area contributed by atoms with Crippen LogP contribution in [0, 0.1) is 26.2 Å². The van der Waals surface area contributed by atoms with E-state index in [1.165, 1.54) is 5.56 Å². The summed E-state index contributed by atoms with van der Waals surface area (Å²) in [5, 5.41) is 7.79. The van der Waals surface area contributed by atoms with Crippen LogP contribution in [0.3, 0.4) is 0 Å². The standard InChI is InChI=1S/C15H17N3/c1-4-10-16-11-15-12(2)17-18(13(15)3)14-8-6-5-7-9-14/h1,5-9,16H,10-11H2,2-3H3. The van der Waals surface area contributed by atoms with Crippen molar-refractivity contribution >= 4 is 0 Å². The van der Waals surface area contributed by atoms with Gasteiger partial charge in [0.05, 0.1) is 17.9 Å². The Labute approximate surface area is 108 Å². The van der Waals surface area contributed by atoms with E-state index in [1.807, 2.05) is 29.8 Å². The lowest BCUT2D eigenvalue weighted by atomic mass is 10.2. The van der Waals surface area contributed by atoms with Crippen LogP contribution in [0.15, 0.2) is 30.3 Å². The number of hydrogen-bond acceptors (Lipinski definition) is 2. The Morgan fingerprint density at radius 3 is 2.67 bits per heavy atom. The first-order valence-corrected chi connectivity index (χ1v) is 5.98. The molecule has 92 valence electrons. The second-order valence-corrected chi connectivity index (χ2v) is 4.20. The minimum atomic E-state index is 0.579. The normalized spacial score (nSPS) is 10.3. The molecule has 3 heteroatoms. The quantitative estimate of drug-likeness (QED) is 0.655. The molecule has 0 bridgehead atoms. The molecule has 0 atom stereocenters. The first-order chi connectivity index (χ1) is 8.74. The Kier molecular flexibility index (Phi) is 3.81. The highest BCUT2D eigenvalue weighted by molar-refractivity contribution is 5.36. The molecule has 0 aliphatic rings. The van der Waals surface area contributed by atoms with E-state index in [9.17, 15) is 0 Å². The average Bonchev–Trinajstić information content (AvgIpc) is 2.68. The topological polar surface area (TPSA) is 29.9 Å². The second-order valence-electron chi connectivity index (χ2n) is 4.20. The van der Waals surface area contributed by atoms with Gasteiger partial charge in [0.25, 0.3) is 0 Å². The maximum Gasteiger partial charge on any atom is 0.0648 e. The molecular weight excluding hydrogens is 222 g/mol. The van der Waals surface area contributed by atoms with E-state index < -0.39 is 0 Å². The third-order valence-electron chi connectivity index (χ3n) is 2.97. The Bertz CT molecular complexity index is 561. The summed E-state index contributed by atoms with van der Waals surface area (Å²) in [6, 6.07) is 10.1. The molecule has 0 radical (unpaired) electrons. The van der Waals surface area contributed by atoms with Gasteiger partial charge in [0.1, 0.15) is 0 Å². The number of aromatic nitrogens is 2. The van der Waals surface area contributed by atoms with Crippen molar-refractivity contribution in [3.8, 4) is 18.0 Å². The van der Waals surface area contributed by atoms with E-state index >= 15 is 0 Å². The van der Waals surface area contributed by atoms with Gasteiger partial charge in [0.2, 0.25) is 0 Å².